The average Bonchev–Trinajstić information content (AvgIpc) is 2.75. The van der Waals surface area contributed by atoms with Crippen molar-refractivity contribution in [2.45, 2.75) is 12.6 Å². The maximum atomic E-state index is 9.01. The zero-order chi connectivity index (χ0) is 21.1. The molecule has 1 aliphatic rings. The van der Waals surface area contributed by atoms with Crippen molar-refractivity contribution in [3.05, 3.63) is 98.5 Å². The van der Waals surface area contributed by atoms with Crippen LogP contribution in [0.2, 0.25) is 15.1 Å². The third-order valence-corrected chi connectivity index (χ3v) is 6.22. The Bertz CT molecular complexity index is 1060. The van der Waals surface area contributed by atoms with Crippen molar-refractivity contribution in [2.24, 2.45) is 0 Å². The lowest BCUT2D eigenvalue weighted by atomic mass is 10.0. The lowest BCUT2D eigenvalue weighted by Crippen LogP contribution is -2.48. The van der Waals surface area contributed by atoms with Gasteiger partial charge in [-0.25, -0.2) is 0 Å². The number of hydrogen-bond acceptors (Lipinski definition) is 3. The van der Waals surface area contributed by atoms with Crippen molar-refractivity contribution in [1.29, 1.82) is 5.26 Å². The quantitative estimate of drug-likeness (QED) is 0.444. The zero-order valence-corrected chi connectivity index (χ0v) is 18.5. The van der Waals surface area contributed by atoms with Gasteiger partial charge in [-0.15, -0.1) is 0 Å². The first-order valence-corrected chi connectivity index (χ1v) is 10.9. The van der Waals surface area contributed by atoms with E-state index in [9.17, 15) is 0 Å². The molecule has 0 aromatic heterocycles. The summed E-state index contributed by atoms with van der Waals surface area (Å²) in [5.41, 5.74) is 4.05. The minimum absolute atomic E-state index is 0.132. The molecule has 0 aliphatic carbocycles. The smallest absolute Gasteiger partial charge is 0.0991 e. The van der Waals surface area contributed by atoms with Crippen LogP contribution in [0.1, 0.15) is 22.7 Å². The van der Waals surface area contributed by atoms with Gasteiger partial charge in [-0.2, -0.15) is 5.26 Å². The van der Waals surface area contributed by atoms with Gasteiger partial charge in [-0.3, -0.25) is 4.90 Å². The Morgan fingerprint density at radius 3 is 2.23 bits per heavy atom. The third kappa shape index (κ3) is 4.74. The first-order chi connectivity index (χ1) is 14.5. The van der Waals surface area contributed by atoms with Gasteiger partial charge in [0, 0.05) is 36.2 Å². The van der Waals surface area contributed by atoms with E-state index in [0.29, 0.717) is 15.6 Å². The highest BCUT2D eigenvalue weighted by Crippen LogP contribution is 2.37. The van der Waals surface area contributed by atoms with Gasteiger partial charge in [0.1, 0.15) is 0 Å². The Morgan fingerprint density at radius 1 is 0.867 bits per heavy atom. The van der Waals surface area contributed by atoms with Gasteiger partial charge in [0.25, 0.3) is 0 Å². The molecule has 0 unspecified atom stereocenters. The molecule has 6 heteroatoms. The van der Waals surface area contributed by atoms with Gasteiger partial charge in [-0.05, 0) is 53.6 Å². The predicted octanol–water partition coefficient (Wildman–Crippen LogP) is 6.58. The molecule has 1 fully saturated rings. The molecule has 30 heavy (non-hydrogen) atoms. The normalized spacial score (nSPS) is 17.0. The lowest BCUT2D eigenvalue weighted by molar-refractivity contribution is 0.215. The number of nitriles is 1. The van der Waals surface area contributed by atoms with Crippen LogP contribution in [-0.2, 0) is 6.54 Å². The Hall–Kier alpha value is -2.22. The van der Waals surface area contributed by atoms with E-state index in [2.05, 4.69) is 28.0 Å². The van der Waals surface area contributed by atoms with Crippen molar-refractivity contribution in [3.63, 3.8) is 0 Å². The second-order valence-electron chi connectivity index (χ2n) is 7.40. The van der Waals surface area contributed by atoms with Crippen LogP contribution >= 0.6 is 34.8 Å². The van der Waals surface area contributed by atoms with E-state index in [4.69, 9.17) is 40.1 Å². The zero-order valence-electron chi connectivity index (χ0n) is 16.2. The van der Waals surface area contributed by atoms with E-state index in [-0.39, 0.29) is 6.04 Å². The van der Waals surface area contributed by atoms with Crippen LogP contribution < -0.4 is 4.90 Å². The maximum Gasteiger partial charge on any atom is 0.0991 e. The summed E-state index contributed by atoms with van der Waals surface area (Å²) in [7, 11) is 0. The number of piperazine rings is 1. The molecule has 1 atom stereocenters. The van der Waals surface area contributed by atoms with Gasteiger partial charge >= 0.3 is 0 Å². The summed E-state index contributed by atoms with van der Waals surface area (Å²) < 4.78 is 0. The van der Waals surface area contributed by atoms with E-state index in [1.807, 2.05) is 48.5 Å². The Kier molecular flexibility index (Phi) is 6.51. The Balaban J connectivity index is 1.60. The highest BCUT2D eigenvalue weighted by molar-refractivity contribution is 6.36. The van der Waals surface area contributed by atoms with Crippen LogP contribution in [0, 0.1) is 11.3 Å². The summed E-state index contributed by atoms with van der Waals surface area (Å²) >= 11 is 18.8. The van der Waals surface area contributed by atoms with Gasteiger partial charge < -0.3 is 4.90 Å². The molecule has 3 aromatic rings. The van der Waals surface area contributed by atoms with Gasteiger partial charge in [-0.1, -0.05) is 59.1 Å². The molecule has 3 aromatic carbocycles. The molecule has 0 N–H and O–H groups in total. The van der Waals surface area contributed by atoms with Crippen molar-refractivity contribution in [1.82, 2.24) is 4.90 Å². The van der Waals surface area contributed by atoms with E-state index < -0.39 is 0 Å². The highest BCUT2D eigenvalue weighted by atomic mass is 35.5. The maximum absolute atomic E-state index is 9.01. The first kappa shape index (κ1) is 21.0. The monoisotopic (exact) mass is 455 g/mol. The van der Waals surface area contributed by atoms with Crippen molar-refractivity contribution < 1.29 is 0 Å². The number of benzene rings is 3. The van der Waals surface area contributed by atoms with Crippen LogP contribution in [-0.4, -0.2) is 24.5 Å². The van der Waals surface area contributed by atoms with E-state index in [0.717, 1.165) is 36.9 Å². The summed E-state index contributed by atoms with van der Waals surface area (Å²) in [5, 5.41) is 11.0. The fourth-order valence-corrected chi connectivity index (χ4v) is 4.54. The highest BCUT2D eigenvalue weighted by Gasteiger charge is 2.29. The average molecular weight is 457 g/mol. The SMILES string of the molecule is N#Cc1ccc(CN2CCN(c3ccc(Cl)cc3Cl)[C@H](c3ccc(Cl)cc3)C2)cc1. The molecule has 4 rings (SSSR count). The standard InChI is InChI=1S/C24H20Cl3N3/c25-20-7-5-19(6-8-20)24-16-29(15-18-3-1-17(14-28)2-4-18)11-12-30(24)23-10-9-21(26)13-22(23)27/h1-10,13,24H,11-12,15-16H2/t24-/m0/s1. The van der Waals surface area contributed by atoms with Crippen LogP contribution in [0.4, 0.5) is 5.69 Å². The van der Waals surface area contributed by atoms with E-state index in [1.54, 1.807) is 6.07 Å². The van der Waals surface area contributed by atoms with Crippen molar-refractivity contribution >= 4 is 40.5 Å². The number of halogens is 3. The van der Waals surface area contributed by atoms with Crippen LogP contribution in [0.25, 0.3) is 0 Å². The Labute approximate surface area is 192 Å². The minimum atomic E-state index is 0.132. The molecule has 0 amide bonds. The predicted molar refractivity (Wildman–Crippen MR) is 124 cm³/mol. The van der Waals surface area contributed by atoms with Gasteiger partial charge in [0.15, 0.2) is 0 Å². The second kappa shape index (κ2) is 9.29. The summed E-state index contributed by atoms with van der Waals surface area (Å²) in [4.78, 5) is 4.78. The minimum Gasteiger partial charge on any atom is -0.361 e. The van der Waals surface area contributed by atoms with E-state index >= 15 is 0 Å². The molecule has 152 valence electrons. The summed E-state index contributed by atoms with van der Waals surface area (Å²) in [6.07, 6.45) is 0. The molecule has 0 saturated carbocycles. The van der Waals surface area contributed by atoms with Crippen LogP contribution in [0.15, 0.2) is 66.7 Å². The second-order valence-corrected chi connectivity index (χ2v) is 8.68. The molecule has 0 radical (unpaired) electrons. The van der Waals surface area contributed by atoms with Crippen LogP contribution in [0.5, 0.6) is 0 Å². The number of rotatable bonds is 4. The lowest BCUT2D eigenvalue weighted by Gasteiger charge is -2.43. The van der Waals surface area contributed by atoms with Crippen LogP contribution in [0.3, 0.4) is 0 Å². The first-order valence-electron chi connectivity index (χ1n) is 9.72. The number of hydrogen-bond donors (Lipinski definition) is 0. The summed E-state index contributed by atoms with van der Waals surface area (Å²) in [5.74, 6) is 0. The molecular weight excluding hydrogens is 437 g/mol. The molecular formula is C24H20Cl3N3. The fourth-order valence-electron chi connectivity index (χ4n) is 3.90. The fraction of sp³-hybridized carbons (Fsp3) is 0.208. The molecule has 0 spiro atoms. The molecule has 1 saturated heterocycles. The molecule has 0 bridgehead atoms. The topological polar surface area (TPSA) is 30.3 Å². The number of nitrogens with zero attached hydrogens (tertiary/aromatic N) is 3. The Morgan fingerprint density at radius 2 is 1.57 bits per heavy atom. The third-order valence-electron chi connectivity index (χ3n) is 5.43. The summed E-state index contributed by atoms with van der Waals surface area (Å²) in [6.45, 7) is 3.42. The van der Waals surface area contributed by atoms with Crippen molar-refractivity contribution in [2.75, 3.05) is 24.5 Å². The molecule has 3 nitrogen and oxygen atoms in total. The molecule has 1 heterocycles. The summed E-state index contributed by atoms with van der Waals surface area (Å²) in [6, 6.07) is 23.8. The number of anilines is 1. The van der Waals surface area contributed by atoms with E-state index in [1.165, 1.54) is 11.1 Å². The largest absolute Gasteiger partial charge is 0.361 e. The molecule has 1 aliphatic heterocycles. The van der Waals surface area contributed by atoms with Crippen molar-refractivity contribution in [3.8, 4) is 6.07 Å². The van der Waals surface area contributed by atoms with Gasteiger partial charge in [0.2, 0.25) is 0 Å². The van der Waals surface area contributed by atoms with Gasteiger partial charge in [0.05, 0.1) is 28.4 Å².